The van der Waals surface area contributed by atoms with Crippen molar-refractivity contribution in [1.82, 2.24) is 0 Å². The number of esters is 1. The van der Waals surface area contributed by atoms with E-state index in [1.54, 1.807) is 32.0 Å². The normalized spacial score (nSPS) is 11.4. The van der Waals surface area contributed by atoms with Crippen LogP contribution in [0.3, 0.4) is 0 Å². The van der Waals surface area contributed by atoms with Gasteiger partial charge in [-0.05, 0) is 39.0 Å². The van der Waals surface area contributed by atoms with Crippen LogP contribution in [0.25, 0.3) is 0 Å². The van der Waals surface area contributed by atoms with Crippen molar-refractivity contribution in [1.29, 1.82) is 0 Å². The standard InChI is InChI=1S/C13H18ClNO4S/c1-4-20(17,18)15(9-13(16)19-10(2)3)12-7-5-6-11(14)8-12/h5-8,10H,4,9H2,1-3H3. The quantitative estimate of drug-likeness (QED) is 0.755. The van der Waals surface area contributed by atoms with Crippen LogP contribution in [0, 0.1) is 0 Å². The number of hydrogen-bond donors (Lipinski definition) is 0. The summed E-state index contributed by atoms with van der Waals surface area (Å²) in [5.41, 5.74) is 0.347. The number of rotatable bonds is 6. The number of sulfonamides is 1. The van der Waals surface area contributed by atoms with Gasteiger partial charge in [0.1, 0.15) is 6.54 Å². The molecular weight excluding hydrogens is 302 g/mol. The number of ether oxygens (including phenoxy) is 1. The molecule has 0 aromatic heterocycles. The summed E-state index contributed by atoms with van der Waals surface area (Å²) in [6.07, 6.45) is -0.298. The van der Waals surface area contributed by atoms with Gasteiger partial charge in [0.2, 0.25) is 10.0 Å². The lowest BCUT2D eigenvalue weighted by molar-refractivity contribution is -0.145. The average Bonchev–Trinajstić information content (AvgIpc) is 2.35. The first-order valence-corrected chi connectivity index (χ1v) is 8.20. The van der Waals surface area contributed by atoms with E-state index < -0.39 is 16.0 Å². The van der Waals surface area contributed by atoms with E-state index in [2.05, 4.69) is 0 Å². The molecule has 0 spiro atoms. The Kier molecular flexibility index (Phi) is 5.83. The molecule has 0 amide bonds. The second-order valence-electron chi connectivity index (χ2n) is 4.43. The summed E-state index contributed by atoms with van der Waals surface area (Å²) in [5.74, 6) is -0.717. The molecule has 112 valence electrons. The van der Waals surface area contributed by atoms with Crippen LogP contribution in [-0.4, -0.2) is 32.8 Å². The van der Waals surface area contributed by atoms with Gasteiger partial charge < -0.3 is 4.74 Å². The smallest absolute Gasteiger partial charge is 0.327 e. The molecule has 1 aromatic carbocycles. The molecule has 0 saturated heterocycles. The summed E-state index contributed by atoms with van der Waals surface area (Å²) >= 11 is 5.87. The van der Waals surface area contributed by atoms with E-state index in [0.29, 0.717) is 10.7 Å². The van der Waals surface area contributed by atoms with E-state index in [0.717, 1.165) is 4.31 Å². The van der Waals surface area contributed by atoms with Crippen molar-refractivity contribution < 1.29 is 17.9 Å². The highest BCUT2D eigenvalue weighted by Gasteiger charge is 2.24. The molecule has 1 rings (SSSR count). The first-order valence-electron chi connectivity index (χ1n) is 6.21. The first kappa shape index (κ1) is 16.8. The molecule has 0 aliphatic carbocycles. The topological polar surface area (TPSA) is 63.7 Å². The predicted octanol–water partition coefficient (Wildman–Crippen LogP) is 2.45. The van der Waals surface area contributed by atoms with Crippen LogP contribution in [0.2, 0.25) is 5.02 Å². The monoisotopic (exact) mass is 319 g/mol. The minimum atomic E-state index is -3.59. The molecule has 0 aliphatic heterocycles. The summed E-state index contributed by atoms with van der Waals surface area (Å²) in [6, 6.07) is 6.34. The lowest BCUT2D eigenvalue weighted by Crippen LogP contribution is -2.38. The van der Waals surface area contributed by atoms with Crippen molar-refractivity contribution in [2.45, 2.75) is 26.9 Å². The first-order chi connectivity index (χ1) is 9.26. The molecule has 0 bridgehead atoms. The fourth-order valence-corrected chi connectivity index (χ4v) is 2.79. The third kappa shape index (κ3) is 4.68. The molecule has 0 saturated carbocycles. The molecular formula is C13H18ClNO4S. The number of anilines is 1. The largest absolute Gasteiger partial charge is 0.462 e. The minimum absolute atomic E-state index is 0.117. The van der Waals surface area contributed by atoms with Crippen molar-refractivity contribution in [2.24, 2.45) is 0 Å². The Labute approximate surface area is 124 Å². The molecule has 1 aromatic rings. The molecule has 0 atom stereocenters. The van der Waals surface area contributed by atoms with E-state index in [1.807, 2.05) is 0 Å². The lowest BCUT2D eigenvalue weighted by atomic mass is 10.3. The predicted molar refractivity (Wildman–Crippen MR) is 79.5 cm³/mol. The number of nitrogens with zero attached hydrogens (tertiary/aromatic N) is 1. The molecule has 7 heteroatoms. The van der Waals surface area contributed by atoms with Crippen LogP contribution in [0.4, 0.5) is 5.69 Å². The van der Waals surface area contributed by atoms with E-state index in [-0.39, 0.29) is 18.4 Å². The Morgan fingerprint density at radius 3 is 2.55 bits per heavy atom. The molecule has 0 radical (unpaired) electrons. The maximum atomic E-state index is 12.1. The Hall–Kier alpha value is -1.27. The van der Waals surface area contributed by atoms with Crippen molar-refractivity contribution >= 4 is 33.3 Å². The van der Waals surface area contributed by atoms with E-state index in [9.17, 15) is 13.2 Å². The number of carbonyl (C=O) groups is 1. The van der Waals surface area contributed by atoms with Crippen LogP contribution in [0.5, 0.6) is 0 Å². The van der Waals surface area contributed by atoms with E-state index in [1.165, 1.54) is 13.0 Å². The second kappa shape index (κ2) is 6.95. The Morgan fingerprint density at radius 1 is 1.40 bits per heavy atom. The fraction of sp³-hybridized carbons (Fsp3) is 0.462. The molecule has 0 unspecified atom stereocenters. The zero-order valence-corrected chi connectivity index (χ0v) is 13.2. The maximum Gasteiger partial charge on any atom is 0.327 e. The molecule has 0 N–H and O–H groups in total. The Morgan fingerprint density at radius 2 is 2.05 bits per heavy atom. The molecule has 0 aliphatic rings. The van der Waals surface area contributed by atoms with Gasteiger partial charge in [-0.3, -0.25) is 9.10 Å². The van der Waals surface area contributed by atoms with Crippen molar-refractivity contribution in [3.05, 3.63) is 29.3 Å². The molecule has 0 heterocycles. The van der Waals surface area contributed by atoms with Gasteiger partial charge in [0.15, 0.2) is 0 Å². The highest BCUT2D eigenvalue weighted by Crippen LogP contribution is 2.22. The second-order valence-corrected chi connectivity index (χ2v) is 7.04. The summed E-state index contributed by atoms with van der Waals surface area (Å²) in [5, 5.41) is 0.399. The van der Waals surface area contributed by atoms with E-state index in [4.69, 9.17) is 16.3 Å². The van der Waals surface area contributed by atoms with Gasteiger partial charge in [-0.15, -0.1) is 0 Å². The fourth-order valence-electron chi connectivity index (χ4n) is 1.55. The summed E-state index contributed by atoms with van der Waals surface area (Å²) < 4.78 is 30.2. The van der Waals surface area contributed by atoms with Crippen molar-refractivity contribution in [3.63, 3.8) is 0 Å². The van der Waals surface area contributed by atoms with Gasteiger partial charge >= 0.3 is 5.97 Å². The SMILES string of the molecule is CCS(=O)(=O)N(CC(=O)OC(C)C)c1cccc(Cl)c1. The lowest BCUT2D eigenvalue weighted by Gasteiger charge is -2.23. The molecule has 20 heavy (non-hydrogen) atoms. The van der Waals surface area contributed by atoms with Crippen LogP contribution in [-0.2, 0) is 19.6 Å². The Bertz CT molecular complexity index is 571. The van der Waals surface area contributed by atoms with Crippen molar-refractivity contribution in [3.8, 4) is 0 Å². The number of halogens is 1. The number of benzene rings is 1. The van der Waals surface area contributed by atoms with Crippen LogP contribution >= 0.6 is 11.6 Å². The summed E-state index contributed by atoms with van der Waals surface area (Å²) in [7, 11) is -3.59. The van der Waals surface area contributed by atoms with Gasteiger partial charge in [-0.2, -0.15) is 0 Å². The van der Waals surface area contributed by atoms with Crippen molar-refractivity contribution in [2.75, 3.05) is 16.6 Å². The van der Waals surface area contributed by atoms with Crippen LogP contribution in [0.1, 0.15) is 20.8 Å². The average molecular weight is 320 g/mol. The molecule has 0 fully saturated rings. The maximum absolute atomic E-state index is 12.1. The Balaban J connectivity index is 3.07. The number of hydrogen-bond acceptors (Lipinski definition) is 4. The summed E-state index contributed by atoms with van der Waals surface area (Å²) in [4.78, 5) is 11.7. The molecule has 5 nitrogen and oxygen atoms in total. The third-order valence-electron chi connectivity index (χ3n) is 2.44. The zero-order valence-electron chi connectivity index (χ0n) is 11.7. The van der Waals surface area contributed by atoms with Gasteiger partial charge in [0.25, 0.3) is 0 Å². The van der Waals surface area contributed by atoms with Crippen LogP contribution in [0.15, 0.2) is 24.3 Å². The third-order valence-corrected chi connectivity index (χ3v) is 4.41. The van der Waals surface area contributed by atoms with Gasteiger partial charge in [0.05, 0.1) is 17.5 Å². The van der Waals surface area contributed by atoms with Gasteiger partial charge in [-0.1, -0.05) is 17.7 Å². The number of carbonyl (C=O) groups excluding carboxylic acids is 1. The van der Waals surface area contributed by atoms with Crippen LogP contribution < -0.4 is 4.31 Å². The minimum Gasteiger partial charge on any atom is -0.462 e. The van der Waals surface area contributed by atoms with Gasteiger partial charge in [0, 0.05) is 5.02 Å². The van der Waals surface area contributed by atoms with Gasteiger partial charge in [-0.25, -0.2) is 8.42 Å². The highest BCUT2D eigenvalue weighted by atomic mass is 35.5. The van der Waals surface area contributed by atoms with E-state index >= 15 is 0 Å². The summed E-state index contributed by atoms with van der Waals surface area (Å²) in [6.45, 7) is 4.56. The zero-order chi connectivity index (χ0) is 15.3. The highest BCUT2D eigenvalue weighted by molar-refractivity contribution is 7.92.